The van der Waals surface area contributed by atoms with Crippen LogP contribution in [-0.4, -0.2) is 41.4 Å². The van der Waals surface area contributed by atoms with E-state index in [0.717, 1.165) is 22.2 Å². The smallest absolute Gasteiger partial charge is 0.221 e. The van der Waals surface area contributed by atoms with Crippen LogP contribution in [0, 0.1) is 11.3 Å². The number of nitriles is 1. The van der Waals surface area contributed by atoms with Gasteiger partial charge >= 0.3 is 0 Å². The summed E-state index contributed by atoms with van der Waals surface area (Å²) in [7, 11) is 5.14. The van der Waals surface area contributed by atoms with Gasteiger partial charge in [-0.25, -0.2) is 4.98 Å². The number of nitrogens with zero attached hydrogens (tertiary/aromatic N) is 4. The molecule has 28 heavy (non-hydrogen) atoms. The molecule has 3 aromatic rings. The third-order valence-corrected chi connectivity index (χ3v) is 4.44. The average Bonchev–Trinajstić information content (AvgIpc) is 3.03. The standard InChI is InChI=1S/C21H19ClN4O2/c1-25(2)13-16(10-23)21(27)19-8-15-11-24-20(22)9-18(15)26(19)12-14-4-6-17(28-3)7-5-14/h4-9,11,13H,12H2,1-3H3/b16-13-. The molecule has 0 saturated carbocycles. The van der Waals surface area contributed by atoms with Crippen LogP contribution in [0.1, 0.15) is 16.1 Å². The molecule has 0 aliphatic heterocycles. The number of carbonyl (C=O) groups is 1. The maximum atomic E-state index is 13.1. The molecule has 0 spiro atoms. The molecule has 0 aliphatic carbocycles. The van der Waals surface area contributed by atoms with Crippen LogP contribution in [0.3, 0.4) is 0 Å². The van der Waals surface area contributed by atoms with Gasteiger partial charge in [0.15, 0.2) is 0 Å². The van der Waals surface area contributed by atoms with E-state index in [1.54, 1.807) is 44.4 Å². The highest BCUT2D eigenvalue weighted by atomic mass is 35.5. The third-order valence-electron chi connectivity index (χ3n) is 4.24. The molecule has 0 atom stereocenters. The molecular weight excluding hydrogens is 376 g/mol. The summed E-state index contributed by atoms with van der Waals surface area (Å²) in [4.78, 5) is 18.8. The van der Waals surface area contributed by atoms with E-state index in [-0.39, 0.29) is 11.4 Å². The Kier molecular flexibility index (Phi) is 5.67. The van der Waals surface area contributed by atoms with E-state index >= 15 is 0 Å². The molecule has 0 fully saturated rings. The molecule has 0 unspecified atom stereocenters. The second-order valence-corrected chi connectivity index (χ2v) is 6.86. The van der Waals surface area contributed by atoms with Crippen molar-refractivity contribution in [3.8, 4) is 11.8 Å². The number of hydrogen-bond acceptors (Lipinski definition) is 5. The molecule has 0 radical (unpaired) electrons. The van der Waals surface area contributed by atoms with Crippen molar-refractivity contribution < 1.29 is 9.53 Å². The monoisotopic (exact) mass is 394 g/mol. The predicted molar refractivity (Wildman–Crippen MR) is 109 cm³/mol. The lowest BCUT2D eigenvalue weighted by Crippen LogP contribution is -2.14. The van der Waals surface area contributed by atoms with Crippen molar-refractivity contribution >= 4 is 28.3 Å². The van der Waals surface area contributed by atoms with Crippen molar-refractivity contribution in [3.05, 3.63) is 70.8 Å². The number of methoxy groups -OCH3 is 1. The molecule has 0 saturated heterocycles. The van der Waals surface area contributed by atoms with E-state index in [0.29, 0.717) is 17.4 Å². The van der Waals surface area contributed by atoms with Crippen molar-refractivity contribution in [1.29, 1.82) is 5.26 Å². The molecule has 0 N–H and O–H groups in total. The molecule has 142 valence electrons. The molecule has 0 amide bonds. The zero-order valence-corrected chi connectivity index (χ0v) is 16.6. The Labute approximate surface area is 168 Å². The first-order chi connectivity index (χ1) is 13.4. The number of rotatable bonds is 6. The Morgan fingerprint density at radius 2 is 2.04 bits per heavy atom. The van der Waals surface area contributed by atoms with Gasteiger partial charge in [-0.05, 0) is 29.8 Å². The van der Waals surface area contributed by atoms with E-state index in [1.165, 1.54) is 6.20 Å². The molecule has 7 heteroatoms. The summed E-state index contributed by atoms with van der Waals surface area (Å²) in [5.74, 6) is 0.405. The van der Waals surface area contributed by atoms with Crippen LogP contribution in [0.5, 0.6) is 5.75 Å². The van der Waals surface area contributed by atoms with Crippen LogP contribution in [-0.2, 0) is 6.54 Å². The second-order valence-electron chi connectivity index (χ2n) is 6.48. The first-order valence-electron chi connectivity index (χ1n) is 8.53. The molecule has 6 nitrogen and oxygen atoms in total. The molecule has 2 aromatic heterocycles. The van der Waals surface area contributed by atoms with Gasteiger partial charge < -0.3 is 14.2 Å². The quantitative estimate of drug-likeness (QED) is 0.274. The van der Waals surface area contributed by atoms with Crippen LogP contribution in [0.4, 0.5) is 0 Å². The number of ketones is 1. The number of carbonyl (C=O) groups excluding carboxylic acids is 1. The zero-order valence-electron chi connectivity index (χ0n) is 15.8. The highest BCUT2D eigenvalue weighted by Crippen LogP contribution is 2.25. The highest BCUT2D eigenvalue weighted by Gasteiger charge is 2.20. The normalized spacial score (nSPS) is 11.3. The average molecular weight is 395 g/mol. The number of pyridine rings is 1. The SMILES string of the molecule is COc1ccc(Cn2c(C(=O)/C(C#N)=C\N(C)C)cc3cnc(Cl)cc32)cc1. The minimum Gasteiger partial charge on any atom is -0.497 e. The number of aromatic nitrogens is 2. The van der Waals surface area contributed by atoms with Gasteiger partial charge in [-0.3, -0.25) is 4.79 Å². The number of hydrogen-bond donors (Lipinski definition) is 0. The highest BCUT2D eigenvalue weighted by molar-refractivity contribution is 6.30. The van der Waals surface area contributed by atoms with Crippen LogP contribution in [0.2, 0.25) is 5.15 Å². The summed E-state index contributed by atoms with van der Waals surface area (Å²) in [5.41, 5.74) is 2.23. The number of ether oxygens (including phenoxy) is 1. The second kappa shape index (κ2) is 8.15. The fraction of sp³-hybridized carbons (Fsp3) is 0.190. The van der Waals surface area contributed by atoms with Crippen molar-refractivity contribution in [2.75, 3.05) is 21.2 Å². The summed E-state index contributed by atoms with van der Waals surface area (Å²) in [6.45, 7) is 0.440. The van der Waals surface area contributed by atoms with Gasteiger partial charge in [-0.15, -0.1) is 0 Å². The fourth-order valence-corrected chi connectivity index (χ4v) is 3.09. The van der Waals surface area contributed by atoms with Crippen molar-refractivity contribution in [3.63, 3.8) is 0 Å². The Hall–Kier alpha value is -3.30. The topological polar surface area (TPSA) is 71.2 Å². The Bertz CT molecular complexity index is 1090. The van der Waals surface area contributed by atoms with Gasteiger partial charge in [0.05, 0.1) is 18.3 Å². The Morgan fingerprint density at radius 1 is 1.32 bits per heavy atom. The van der Waals surface area contributed by atoms with Gasteiger partial charge in [-0.2, -0.15) is 5.26 Å². The number of fused-ring (bicyclic) bond motifs is 1. The van der Waals surface area contributed by atoms with Crippen molar-refractivity contribution in [2.24, 2.45) is 0 Å². The number of benzene rings is 1. The number of Topliss-reactive ketones (excluding diaryl/α,β-unsaturated/α-hetero) is 1. The van der Waals surface area contributed by atoms with Gasteiger partial charge in [0.2, 0.25) is 5.78 Å². The van der Waals surface area contributed by atoms with Crippen molar-refractivity contribution in [1.82, 2.24) is 14.5 Å². The van der Waals surface area contributed by atoms with E-state index in [9.17, 15) is 10.1 Å². The minimum absolute atomic E-state index is 0.0582. The van der Waals surface area contributed by atoms with Gasteiger partial charge in [0, 0.05) is 38.4 Å². The van der Waals surface area contributed by atoms with Gasteiger partial charge in [0.1, 0.15) is 22.5 Å². The zero-order chi connectivity index (χ0) is 20.3. The summed E-state index contributed by atoms with van der Waals surface area (Å²) < 4.78 is 7.06. The summed E-state index contributed by atoms with van der Waals surface area (Å²) in [6, 6.07) is 13.1. The first kappa shape index (κ1) is 19.5. The van der Waals surface area contributed by atoms with E-state index in [4.69, 9.17) is 16.3 Å². The van der Waals surface area contributed by atoms with Gasteiger partial charge in [-0.1, -0.05) is 23.7 Å². The van der Waals surface area contributed by atoms with E-state index in [1.807, 2.05) is 34.9 Å². The predicted octanol–water partition coefficient (Wildman–Crippen LogP) is 3.90. The molecule has 3 rings (SSSR count). The minimum atomic E-state index is -0.350. The lowest BCUT2D eigenvalue weighted by atomic mass is 10.1. The third kappa shape index (κ3) is 4.00. The summed E-state index contributed by atoms with van der Waals surface area (Å²) in [5, 5.41) is 10.6. The molecule has 0 bridgehead atoms. The van der Waals surface area contributed by atoms with Crippen molar-refractivity contribution in [2.45, 2.75) is 6.54 Å². The lowest BCUT2D eigenvalue weighted by Gasteiger charge is -2.12. The summed E-state index contributed by atoms with van der Waals surface area (Å²) >= 11 is 6.08. The lowest BCUT2D eigenvalue weighted by molar-refractivity contribution is 0.103. The van der Waals surface area contributed by atoms with Crippen LogP contribution < -0.4 is 4.74 Å². The van der Waals surface area contributed by atoms with E-state index < -0.39 is 0 Å². The van der Waals surface area contributed by atoms with Gasteiger partial charge in [0.25, 0.3) is 0 Å². The molecule has 1 aromatic carbocycles. The van der Waals surface area contributed by atoms with Crippen LogP contribution in [0.25, 0.3) is 10.9 Å². The number of allylic oxidation sites excluding steroid dienone is 1. The maximum absolute atomic E-state index is 13.1. The summed E-state index contributed by atoms with van der Waals surface area (Å²) in [6.07, 6.45) is 3.14. The van der Waals surface area contributed by atoms with E-state index in [2.05, 4.69) is 4.98 Å². The molecular formula is C21H19ClN4O2. The Morgan fingerprint density at radius 3 is 2.64 bits per heavy atom. The largest absolute Gasteiger partial charge is 0.497 e. The van der Waals surface area contributed by atoms with Crippen LogP contribution >= 0.6 is 11.6 Å². The number of halogens is 1. The Balaban J connectivity index is 2.12. The first-order valence-corrected chi connectivity index (χ1v) is 8.91. The fourth-order valence-electron chi connectivity index (χ4n) is 2.94. The maximum Gasteiger partial charge on any atom is 0.221 e. The molecule has 0 aliphatic rings. The molecule has 2 heterocycles. The van der Waals surface area contributed by atoms with Crippen LogP contribution in [0.15, 0.2) is 54.4 Å².